The van der Waals surface area contributed by atoms with Gasteiger partial charge in [0.25, 0.3) is 5.56 Å². The van der Waals surface area contributed by atoms with Crippen LogP contribution in [0.15, 0.2) is 52.1 Å². The van der Waals surface area contributed by atoms with E-state index in [9.17, 15) is 14.4 Å². The van der Waals surface area contributed by atoms with Crippen LogP contribution >= 0.6 is 23.2 Å². The molecule has 0 unspecified atom stereocenters. The van der Waals surface area contributed by atoms with Crippen LogP contribution < -0.4 is 26.6 Å². The summed E-state index contributed by atoms with van der Waals surface area (Å²) >= 11 is 14.3. The molecular weight excluding hydrogens is 757 g/mol. The lowest BCUT2D eigenvalue weighted by Gasteiger charge is -2.40. The number of carbonyl (C=O) groups is 1. The van der Waals surface area contributed by atoms with E-state index < -0.39 is 11.2 Å². The summed E-state index contributed by atoms with van der Waals surface area (Å²) in [7, 11) is 6.28. The van der Waals surface area contributed by atoms with Crippen molar-refractivity contribution in [1.29, 1.82) is 0 Å². The fraction of sp³-hybridized carbons (Fsp3) is 0.400. The number of benzene rings is 2. The number of anilines is 2. The normalized spacial score (nSPS) is 19.5. The van der Waals surface area contributed by atoms with Crippen molar-refractivity contribution in [3.63, 3.8) is 0 Å². The van der Waals surface area contributed by atoms with E-state index in [1.165, 1.54) is 11.6 Å². The lowest BCUT2D eigenvalue weighted by Crippen LogP contribution is -2.61. The van der Waals surface area contributed by atoms with Crippen LogP contribution in [0.2, 0.25) is 10.0 Å². The van der Waals surface area contributed by atoms with Crippen molar-refractivity contribution in [3.05, 3.63) is 90.3 Å². The van der Waals surface area contributed by atoms with Gasteiger partial charge >= 0.3 is 11.7 Å². The smallest absolute Gasteiger partial charge is 0.332 e. The molecule has 1 spiro atoms. The van der Waals surface area contributed by atoms with Crippen molar-refractivity contribution in [2.45, 2.75) is 44.2 Å². The lowest BCUT2D eigenvalue weighted by atomic mass is 9.92. The third kappa shape index (κ3) is 6.47. The van der Waals surface area contributed by atoms with Crippen LogP contribution in [-0.4, -0.2) is 92.5 Å². The van der Waals surface area contributed by atoms with Gasteiger partial charge in [-0.25, -0.2) is 24.5 Å². The van der Waals surface area contributed by atoms with Gasteiger partial charge in [0.1, 0.15) is 17.0 Å². The van der Waals surface area contributed by atoms with Gasteiger partial charge in [0.05, 0.1) is 40.7 Å². The number of urea groups is 1. The molecule has 0 bridgehead atoms. The van der Waals surface area contributed by atoms with E-state index in [1.807, 2.05) is 35.2 Å². The van der Waals surface area contributed by atoms with Crippen molar-refractivity contribution in [2.24, 2.45) is 14.1 Å². The molecule has 2 amide bonds. The molecule has 292 valence electrons. The van der Waals surface area contributed by atoms with E-state index in [0.717, 1.165) is 60.0 Å². The zero-order valence-corrected chi connectivity index (χ0v) is 33.4. The average molecular weight is 801 g/mol. The second-order valence-corrected chi connectivity index (χ2v) is 15.5. The minimum absolute atomic E-state index is 0.0232. The highest BCUT2D eigenvalue weighted by molar-refractivity contribution is 6.39. The summed E-state index contributed by atoms with van der Waals surface area (Å²) in [4.78, 5) is 57.1. The van der Waals surface area contributed by atoms with Gasteiger partial charge in [-0.2, -0.15) is 0 Å². The molecule has 56 heavy (non-hydrogen) atoms. The lowest BCUT2D eigenvalue weighted by molar-refractivity contribution is 0.114. The Hall–Kier alpha value is -5.02. The van der Waals surface area contributed by atoms with Gasteiger partial charge in [-0.1, -0.05) is 53.5 Å². The number of hydrogen-bond donors (Lipinski definition) is 2. The maximum absolute atomic E-state index is 13.3. The van der Waals surface area contributed by atoms with Crippen molar-refractivity contribution >= 4 is 51.8 Å². The van der Waals surface area contributed by atoms with Crippen molar-refractivity contribution in [2.75, 3.05) is 52.3 Å². The molecule has 3 aromatic heterocycles. The number of nitrogens with zero attached hydrogens (tertiary/aromatic N) is 7. The van der Waals surface area contributed by atoms with E-state index in [2.05, 4.69) is 31.6 Å². The Morgan fingerprint density at radius 2 is 1.68 bits per heavy atom. The maximum Gasteiger partial charge on any atom is 0.332 e. The first-order valence-electron chi connectivity index (χ1n) is 18.6. The molecule has 2 aliphatic heterocycles. The fourth-order valence-corrected chi connectivity index (χ4v) is 9.11. The van der Waals surface area contributed by atoms with Crippen LogP contribution in [0.1, 0.15) is 42.3 Å². The van der Waals surface area contributed by atoms with Gasteiger partial charge in [0, 0.05) is 75.7 Å². The molecule has 0 radical (unpaired) electrons. The number of halogens is 2. The molecule has 8 rings (SSSR count). The van der Waals surface area contributed by atoms with Gasteiger partial charge in [-0.05, 0) is 50.3 Å². The van der Waals surface area contributed by atoms with Gasteiger partial charge in [0.2, 0.25) is 5.88 Å². The number of nitrogens with one attached hydrogen (secondary N) is 2. The zero-order valence-electron chi connectivity index (χ0n) is 31.9. The van der Waals surface area contributed by atoms with Crippen molar-refractivity contribution in [1.82, 2.24) is 39.2 Å². The quantitative estimate of drug-likeness (QED) is 0.193. The summed E-state index contributed by atoms with van der Waals surface area (Å²) in [6.45, 7) is 5.16. The van der Waals surface area contributed by atoms with Crippen LogP contribution in [0.25, 0.3) is 33.4 Å². The minimum atomic E-state index is -0.523. The molecule has 5 aromatic rings. The van der Waals surface area contributed by atoms with Crippen LogP contribution in [0.4, 0.5) is 16.3 Å². The van der Waals surface area contributed by atoms with Crippen LogP contribution in [0.3, 0.4) is 0 Å². The minimum Gasteiger partial charge on any atom is -0.481 e. The first-order valence-corrected chi connectivity index (χ1v) is 19.4. The molecule has 2 atom stereocenters. The number of rotatable bonds is 9. The Labute approximate surface area is 333 Å². The number of likely N-dealkylation sites (tertiary alicyclic amines) is 1. The van der Waals surface area contributed by atoms with Crippen molar-refractivity contribution < 1.29 is 14.3 Å². The van der Waals surface area contributed by atoms with Gasteiger partial charge < -0.3 is 25.0 Å². The summed E-state index contributed by atoms with van der Waals surface area (Å²) in [5, 5.41) is 7.56. The molecule has 1 aliphatic carbocycles. The summed E-state index contributed by atoms with van der Waals surface area (Å²) in [5.74, 6) is 1.18. The number of hydrogen-bond acceptors (Lipinski definition) is 10. The maximum atomic E-state index is 13.3. The third-order valence-corrected chi connectivity index (χ3v) is 12.3. The average Bonchev–Trinajstić information content (AvgIpc) is 3.80. The molecular formula is C40H43Cl2N9O5. The largest absolute Gasteiger partial charge is 0.481 e. The summed E-state index contributed by atoms with van der Waals surface area (Å²) in [6.07, 6.45) is 3.57. The second kappa shape index (κ2) is 14.8. The molecule has 14 nitrogen and oxygen atoms in total. The van der Waals surface area contributed by atoms with Gasteiger partial charge in [0.15, 0.2) is 5.65 Å². The number of amides is 2. The molecule has 2 aromatic carbocycles. The first-order chi connectivity index (χ1) is 26.9. The van der Waals surface area contributed by atoms with E-state index in [-0.39, 0.29) is 34.5 Å². The van der Waals surface area contributed by atoms with Gasteiger partial charge in [-0.15, -0.1) is 0 Å². The summed E-state index contributed by atoms with van der Waals surface area (Å²) in [6, 6.07) is 13.5. The van der Waals surface area contributed by atoms with E-state index >= 15 is 0 Å². The first kappa shape index (κ1) is 37.9. The predicted octanol–water partition coefficient (Wildman–Crippen LogP) is 5.62. The molecule has 16 heteroatoms. The van der Waals surface area contributed by atoms with Crippen molar-refractivity contribution in [3.8, 4) is 28.3 Å². The molecule has 2 saturated heterocycles. The van der Waals surface area contributed by atoms with E-state index in [4.69, 9.17) is 37.7 Å². The highest BCUT2D eigenvalue weighted by Gasteiger charge is 2.46. The summed E-state index contributed by atoms with van der Waals surface area (Å²) < 4.78 is 13.5. The Morgan fingerprint density at radius 1 is 0.946 bits per heavy atom. The highest BCUT2D eigenvalue weighted by Crippen LogP contribution is 2.47. The van der Waals surface area contributed by atoms with Crippen LogP contribution in [-0.2, 0) is 25.3 Å². The summed E-state index contributed by atoms with van der Waals surface area (Å²) in [5.41, 5.74) is 4.48. The predicted molar refractivity (Wildman–Crippen MR) is 216 cm³/mol. The Balaban J connectivity index is 1.08. The second-order valence-electron chi connectivity index (χ2n) is 14.8. The Kier molecular flexibility index (Phi) is 10.0. The Bertz CT molecular complexity index is 2520. The third-order valence-electron chi connectivity index (χ3n) is 11.5. The number of methoxy groups -OCH3 is 2. The molecule has 0 saturated carbocycles. The standard InChI is InChI=1S/C40H43Cl2N9O5/c1-22-43-34(31-35(44-22)48(2)39(54)49(3)37(31)52)45-27-11-7-9-25(33(27)42)24-8-6-10-26(32(24)41)28-20-23-12-13-29(30(23)36(46-28)56-5)51-17-15-40(21-51)14-16-50(18-19-55-4)38(53)47-40/h6-11,20,29H,12-19,21H2,1-5H3,(H,47,53)(H,43,44,45)/t29-,40-/m0/s1. The van der Waals surface area contributed by atoms with Gasteiger partial charge in [-0.3, -0.25) is 18.8 Å². The van der Waals surface area contributed by atoms with Crippen LogP contribution in [0.5, 0.6) is 5.88 Å². The monoisotopic (exact) mass is 799 g/mol. The number of fused-ring (bicyclic) bond motifs is 2. The number of pyridine rings is 1. The number of carbonyl (C=O) groups excluding carboxylic acids is 1. The van der Waals surface area contributed by atoms with E-state index in [0.29, 0.717) is 64.0 Å². The molecule has 2 fully saturated rings. The van der Waals surface area contributed by atoms with E-state index in [1.54, 1.807) is 34.3 Å². The highest BCUT2D eigenvalue weighted by atomic mass is 35.5. The zero-order chi connectivity index (χ0) is 39.5. The fourth-order valence-electron chi connectivity index (χ4n) is 8.51. The molecule has 3 aliphatic rings. The SMILES string of the molecule is COCCN1CC[C@@]2(CCN([C@H]3CCc4cc(-c5cccc(-c6cccc(Nc7nc(C)nc8c7c(=O)n(C)c(=O)n8C)c6Cl)c5Cl)nc(OC)c43)C2)NC1=O. The number of aryl methyl sites for hydroxylation is 3. The topological polar surface area (TPSA) is 149 Å². The van der Waals surface area contributed by atoms with Crippen LogP contribution in [0, 0.1) is 6.92 Å². The number of ether oxygens (including phenoxy) is 2. The Morgan fingerprint density at radius 3 is 2.43 bits per heavy atom. The molecule has 5 heterocycles. The number of aromatic nitrogens is 5. The molecule has 2 N–H and O–H groups in total.